The third-order valence-corrected chi connectivity index (χ3v) is 5.06. The number of amides is 2. The number of rotatable bonds is 7. The lowest BCUT2D eigenvalue weighted by atomic mass is 10.2. The number of para-hydroxylation sites is 1. The van der Waals surface area contributed by atoms with Crippen LogP contribution in [0.25, 0.3) is 0 Å². The van der Waals surface area contributed by atoms with Crippen LogP contribution in [0.5, 0.6) is 5.75 Å². The molecule has 152 valence electrons. The summed E-state index contributed by atoms with van der Waals surface area (Å²) in [6, 6.07) is 7.84. The quantitative estimate of drug-likeness (QED) is 0.736. The average Bonchev–Trinajstić information content (AvgIpc) is 3.22. The summed E-state index contributed by atoms with van der Waals surface area (Å²) >= 11 is 1.52. The summed E-state index contributed by atoms with van der Waals surface area (Å²) in [7, 11) is 0. The van der Waals surface area contributed by atoms with Crippen molar-refractivity contribution in [1.82, 2.24) is 15.1 Å². The van der Waals surface area contributed by atoms with E-state index >= 15 is 0 Å². The van der Waals surface area contributed by atoms with Crippen LogP contribution in [0.1, 0.15) is 10.4 Å². The van der Waals surface area contributed by atoms with Crippen molar-refractivity contribution in [2.75, 3.05) is 45.9 Å². The Morgan fingerprint density at radius 1 is 1.14 bits per heavy atom. The number of thiophene rings is 1. The lowest BCUT2D eigenvalue weighted by Crippen LogP contribution is -2.50. The van der Waals surface area contributed by atoms with Crippen molar-refractivity contribution in [3.05, 3.63) is 52.5 Å². The molecule has 1 fully saturated rings. The maximum absolute atomic E-state index is 13.4. The number of nitrogens with zero attached hydrogens (tertiary/aromatic N) is 2. The molecule has 0 bridgehead atoms. The van der Waals surface area contributed by atoms with Crippen LogP contribution in [0.4, 0.5) is 4.39 Å². The molecule has 0 spiro atoms. The predicted octanol–water partition coefficient (Wildman–Crippen LogP) is 2.26. The Kier molecular flexibility index (Phi) is 8.69. The van der Waals surface area contributed by atoms with Gasteiger partial charge < -0.3 is 15.0 Å². The topological polar surface area (TPSA) is 61.9 Å². The van der Waals surface area contributed by atoms with Crippen molar-refractivity contribution in [2.45, 2.75) is 0 Å². The summed E-state index contributed by atoms with van der Waals surface area (Å²) in [5.74, 6) is -0.627. The summed E-state index contributed by atoms with van der Waals surface area (Å²) in [5.41, 5.74) is 0.746. The van der Waals surface area contributed by atoms with Crippen LogP contribution in [0.15, 0.2) is 41.1 Å². The van der Waals surface area contributed by atoms with Gasteiger partial charge in [0.15, 0.2) is 18.2 Å². The number of halogens is 2. The first kappa shape index (κ1) is 22.1. The molecule has 1 N–H and O–H groups in total. The number of benzene rings is 1. The van der Waals surface area contributed by atoms with E-state index in [1.54, 1.807) is 12.1 Å². The zero-order valence-electron chi connectivity index (χ0n) is 15.3. The molecule has 6 nitrogen and oxygen atoms in total. The Morgan fingerprint density at radius 2 is 1.89 bits per heavy atom. The lowest BCUT2D eigenvalue weighted by molar-refractivity contribution is -0.123. The minimum atomic E-state index is -0.486. The van der Waals surface area contributed by atoms with E-state index in [2.05, 4.69) is 10.2 Å². The van der Waals surface area contributed by atoms with Gasteiger partial charge >= 0.3 is 0 Å². The van der Waals surface area contributed by atoms with E-state index in [4.69, 9.17) is 4.74 Å². The molecular formula is C19H23ClFN3O3S. The average molecular weight is 428 g/mol. The molecule has 2 amide bonds. The van der Waals surface area contributed by atoms with Crippen molar-refractivity contribution in [3.63, 3.8) is 0 Å². The molecule has 2 heterocycles. The SMILES string of the molecule is Cl.O=C(COc1ccccc1F)NCCN1CCN(C(=O)c2ccsc2)CC1. The van der Waals surface area contributed by atoms with Gasteiger partial charge in [-0.2, -0.15) is 11.3 Å². The number of carbonyl (C=O) groups is 2. The van der Waals surface area contributed by atoms with E-state index in [1.807, 2.05) is 21.7 Å². The number of ether oxygens (including phenoxy) is 1. The third-order valence-electron chi connectivity index (χ3n) is 4.37. The van der Waals surface area contributed by atoms with Crippen LogP contribution in [0.2, 0.25) is 0 Å². The third kappa shape index (κ3) is 6.19. The van der Waals surface area contributed by atoms with Crippen LogP contribution >= 0.6 is 23.7 Å². The highest BCUT2D eigenvalue weighted by Gasteiger charge is 2.22. The largest absolute Gasteiger partial charge is 0.481 e. The number of hydrogen-bond acceptors (Lipinski definition) is 5. The molecule has 28 heavy (non-hydrogen) atoms. The van der Waals surface area contributed by atoms with E-state index in [9.17, 15) is 14.0 Å². The van der Waals surface area contributed by atoms with Crippen LogP contribution < -0.4 is 10.1 Å². The summed E-state index contributed by atoms with van der Waals surface area (Å²) in [5, 5.41) is 6.54. The van der Waals surface area contributed by atoms with Crippen molar-refractivity contribution >= 4 is 35.6 Å². The fourth-order valence-corrected chi connectivity index (χ4v) is 3.48. The summed E-state index contributed by atoms with van der Waals surface area (Å²) < 4.78 is 18.6. The fraction of sp³-hybridized carbons (Fsp3) is 0.368. The number of piperazine rings is 1. The number of carbonyl (C=O) groups excluding carboxylic acids is 2. The summed E-state index contributed by atoms with van der Waals surface area (Å²) in [4.78, 5) is 28.2. The van der Waals surface area contributed by atoms with Gasteiger partial charge in [0.1, 0.15) is 0 Å². The monoisotopic (exact) mass is 427 g/mol. The zero-order valence-corrected chi connectivity index (χ0v) is 16.9. The van der Waals surface area contributed by atoms with Gasteiger partial charge in [-0.25, -0.2) is 4.39 Å². The molecule has 0 aliphatic carbocycles. The van der Waals surface area contributed by atoms with Gasteiger partial charge in [0.05, 0.1) is 5.56 Å². The molecule has 9 heteroatoms. The Labute approximate surface area is 173 Å². The maximum atomic E-state index is 13.4. The maximum Gasteiger partial charge on any atom is 0.257 e. The van der Waals surface area contributed by atoms with Crippen LogP contribution in [-0.4, -0.2) is 67.5 Å². The standard InChI is InChI=1S/C19H22FN3O3S.ClH/c20-16-3-1-2-4-17(16)26-13-18(24)21-6-7-22-8-10-23(11-9-22)19(25)15-5-12-27-14-15;/h1-5,12,14H,6-11,13H2,(H,21,24);1H. The minimum Gasteiger partial charge on any atom is -0.481 e. The van der Waals surface area contributed by atoms with Gasteiger partial charge in [-0.1, -0.05) is 12.1 Å². The van der Waals surface area contributed by atoms with Gasteiger partial charge in [0, 0.05) is 44.6 Å². The van der Waals surface area contributed by atoms with Crippen molar-refractivity contribution in [3.8, 4) is 5.75 Å². The number of nitrogens with one attached hydrogen (secondary N) is 1. The molecule has 1 saturated heterocycles. The van der Waals surface area contributed by atoms with Gasteiger partial charge in [0.25, 0.3) is 11.8 Å². The second kappa shape index (κ2) is 11.0. The highest BCUT2D eigenvalue weighted by Crippen LogP contribution is 2.15. The zero-order chi connectivity index (χ0) is 19.1. The van der Waals surface area contributed by atoms with E-state index in [0.29, 0.717) is 26.2 Å². The first-order valence-corrected chi connectivity index (χ1v) is 9.75. The van der Waals surface area contributed by atoms with Crippen LogP contribution in [-0.2, 0) is 4.79 Å². The van der Waals surface area contributed by atoms with Crippen molar-refractivity contribution in [2.24, 2.45) is 0 Å². The van der Waals surface area contributed by atoms with Gasteiger partial charge in [-0.15, -0.1) is 12.4 Å². The van der Waals surface area contributed by atoms with E-state index in [-0.39, 0.29) is 36.6 Å². The normalized spacial score (nSPS) is 14.2. The highest BCUT2D eigenvalue weighted by atomic mass is 35.5. The number of hydrogen-bond donors (Lipinski definition) is 1. The first-order valence-electron chi connectivity index (χ1n) is 8.81. The second-order valence-electron chi connectivity index (χ2n) is 6.21. The Hall–Kier alpha value is -2.16. The second-order valence-corrected chi connectivity index (χ2v) is 6.99. The fourth-order valence-electron chi connectivity index (χ4n) is 2.85. The van der Waals surface area contributed by atoms with E-state index in [0.717, 1.165) is 18.7 Å². The molecular weight excluding hydrogens is 405 g/mol. The molecule has 1 aromatic heterocycles. The smallest absolute Gasteiger partial charge is 0.257 e. The molecule has 1 aromatic carbocycles. The molecule has 0 unspecified atom stereocenters. The van der Waals surface area contributed by atoms with Crippen LogP contribution in [0, 0.1) is 5.82 Å². The Balaban J connectivity index is 0.00000280. The Bertz CT molecular complexity index is 768. The van der Waals surface area contributed by atoms with Gasteiger partial charge in [-0.05, 0) is 23.6 Å². The van der Waals surface area contributed by atoms with Crippen molar-refractivity contribution < 1.29 is 18.7 Å². The molecule has 0 radical (unpaired) electrons. The minimum absolute atomic E-state index is 0. The molecule has 3 rings (SSSR count). The first-order chi connectivity index (χ1) is 13.1. The highest BCUT2D eigenvalue weighted by molar-refractivity contribution is 7.08. The molecule has 2 aromatic rings. The van der Waals surface area contributed by atoms with E-state index < -0.39 is 5.82 Å². The molecule has 1 aliphatic heterocycles. The Morgan fingerprint density at radius 3 is 2.57 bits per heavy atom. The van der Waals surface area contributed by atoms with Crippen LogP contribution in [0.3, 0.4) is 0 Å². The van der Waals surface area contributed by atoms with Crippen molar-refractivity contribution in [1.29, 1.82) is 0 Å². The summed E-state index contributed by atoms with van der Waals surface area (Å²) in [6.45, 7) is 3.88. The van der Waals surface area contributed by atoms with Gasteiger partial charge in [-0.3, -0.25) is 14.5 Å². The summed E-state index contributed by atoms with van der Waals surface area (Å²) in [6.07, 6.45) is 0. The molecule has 0 atom stereocenters. The predicted molar refractivity (Wildman–Crippen MR) is 109 cm³/mol. The lowest BCUT2D eigenvalue weighted by Gasteiger charge is -2.34. The van der Waals surface area contributed by atoms with Gasteiger partial charge in [0.2, 0.25) is 0 Å². The molecule has 0 saturated carbocycles. The molecule has 1 aliphatic rings. The van der Waals surface area contributed by atoms with E-state index in [1.165, 1.54) is 23.5 Å².